The number of carbonyl (C=O) groups is 2. The number of hydrazone groups is 1. The van der Waals surface area contributed by atoms with Gasteiger partial charge in [0.2, 0.25) is 10.0 Å². The Kier molecular flexibility index (Phi) is 9.43. The highest BCUT2D eigenvalue weighted by Gasteiger charge is 2.22. The molecule has 36 heavy (non-hydrogen) atoms. The van der Waals surface area contributed by atoms with Gasteiger partial charge in [0.25, 0.3) is 11.8 Å². The Balaban J connectivity index is 1.48. The molecule has 1 aliphatic heterocycles. The summed E-state index contributed by atoms with van der Waals surface area (Å²) in [6.07, 6.45) is 4.53. The van der Waals surface area contributed by atoms with Gasteiger partial charge in [0.05, 0.1) is 24.3 Å². The monoisotopic (exact) mass is 516 g/mol. The number of nitrogens with one attached hydrogen (secondary N) is 2. The Morgan fingerprint density at radius 3 is 2.58 bits per heavy atom. The molecular weight excluding hydrogens is 484 g/mol. The molecule has 1 aliphatic rings. The van der Waals surface area contributed by atoms with Crippen molar-refractivity contribution in [3.63, 3.8) is 0 Å². The van der Waals surface area contributed by atoms with Gasteiger partial charge in [0.15, 0.2) is 6.61 Å². The van der Waals surface area contributed by atoms with E-state index in [9.17, 15) is 18.0 Å². The molecule has 2 amide bonds. The summed E-state index contributed by atoms with van der Waals surface area (Å²) in [5, 5.41) is 6.71. The second-order valence-electron chi connectivity index (χ2n) is 8.58. The standard InChI is InChI=1S/C25H32N4O6S/c1-18-6-4-8-23(19(18)2)29(36(3,32)33)16-24(30)28-27-14-20-9-11-21(12-10-20)35-17-25(31)26-15-22-7-5-13-34-22/h4,6,8-12,14,22H,5,7,13,15-17H2,1-3H3,(H,26,31)(H,28,30). The number of rotatable bonds is 11. The maximum Gasteiger partial charge on any atom is 0.260 e. The van der Waals surface area contributed by atoms with E-state index in [0.717, 1.165) is 41.1 Å². The van der Waals surface area contributed by atoms with E-state index in [1.54, 1.807) is 36.4 Å². The summed E-state index contributed by atoms with van der Waals surface area (Å²) in [4.78, 5) is 24.3. The minimum absolute atomic E-state index is 0.0779. The first-order valence-electron chi connectivity index (χ1n) is 11.6. The van der Waals surface area contributed by atoms with Crippen LogP contribution in [-0.4, -0.2) is 65.1 Å². The van der Waals surface area contributed by atoms with Gasteiger partial charge < -0.3 is 14.8 Å². The van der Waals surface area contributed by atoms with Crippen LogP contribution in [0.4, 0.5) is 5.69 Å². The first kappa shape index (κ1) is 27.2. The lowest BCUT2D eigenvalue weighted by molar-refractivity contribution is -0.123. The molecule has 0 aliphatic carbocycles. The summed E-state index contributed by atoms with van der Waals surface area (Å²) in [5.41, 5.74) is 5.19. The molecule has 1 heterocycles. The van der Waals surface area contributed by atoms with E-state index in [1.807, 2.05) is 19.9 Å². The number of aryl methyl sites for hydroxylation is 1. The lowest BCUT2D eigenvalue weighted by Crippen LogP contribution is -2.39. The third-order valence-electron chi connectivity index (χ3n) is 5.74. The highest BCUT2D eigenvalue weighted by atomic mass is 32.2. The minimum Gasteiger partial charge on any atom is -0.484 e. The van der Waals surface area contributed by atoms with Crippen LogP contribution >= 0.6 is 0 Å². The fourth-order valence-corrected chi connectivity index (χ4v) is 4.52. The van der Waals surface area contributed by atoms with Crippen molar-refractivity contribution < 1.29 is 27.5 Å². The van der Waals surface area contributed by atoms with Crippen molar-refractivity contribution in [3.05, 3.63) is 59.2 Å². The lowest BCUT2D eigenvalue weighted by atomic mass is 10.1. The molecule has 1 saturated heterocycles. The molecular formula is C25H32N4O6S. The Morgan fingerprint density at radius 1 is 1.17 bits per heavy atom. The summed E-state index contributed by atoms with van der Waals surface area (Å²) >= 11 is 0. The first-order valence-corrected chi connectivity index (χ1v) is 13.5. The molecule has 0 saturated carbocycles. The van der Waals surface area contributed by atoms with Crippen LogP contribution < -0.4 is 19.8 Å². The zero-order chi connectivity index (χ0) is 26.1. The summed E-state index contributed by atoms with van der Waals surface area (Å²) in [5.74, 6) is -0.282. The minimum atomic E-state index is -3.68. The van der Waals surface area contributed by atoms with Crippen LogP contribution in [0.15, 0.2) is 47.6 Å². The first-order chi connectivity index (χ1) is 17.1. The van der Waals surface area contributed by atoms with Crippen molar-refractivity contribution in [2.45, 2.75) is 32.8 Å². The average molecular weight is 517 g/mol. The van der Waals surface area contributed by atoms with Crippen LogP contribution in [0.3, 0.4) is 0 Å². The number of hydrogen-bond acceptors (Lipinski definition) is 7. The van der Waals surface area contributed by atoms with Gasteiger partial charge in [0, 0.05) is 13.2 Å². The number of sulfonamides is 1. The molecule has 2 N–H and O–H groups in total. The van der Waals surface area contributed by atoms with Gasteiger partial charge in [-0.05, 0) is 73.7 Å². The van der Waals surface area contributed by atoms with Crippen molar-refractivity contribution >= 4 is 33.7 Å². The number of carbonyl (C=O) groups excluding carboxylic acids is 2. The smallest absolute Gasteiger partial charge is 0.260 e. The van der Waals surface area contributed by atoms with E-state index in [2.05, 4.69) is 15.8 Å². The van der Waals surface area contributed by atoms with Crippen LogP contribution in [-0.2, 0) is 24.3 Å². The van der Waals surface area contributed by atoms with Crippen molar-refractivity contribution in [2.24, 2.45) is 5.10 Å². The van der Waals surface area contributed by atoms with Crippen molar-refractivity contribution in [1.29, 1.82) is 0 Å². The van der Waals surface area contributed by atoms with Gasteiger partial charge in [-0.15, -0.1) is 0 Å². The van der Waals surface area contributed by atoms with Gasteiger partial charge in [-0.3, -0.25) is 13.9 Å². The van der Waals surface area contributed by atoms with Gasteiger partial charge >= 0.3 is 0 Å². The van der Waals surface area contributed by atoms with Crippen LogP contribution in [0, 0.1) is 13.8 Å². The van der Waals surface area contributed by atoms with Crippen LogP contribution in [0.1, 0.15) is 29.5 Å². The van der Waals surface area contributed by atoms with Crippen molar-refractivity contribution in [3.8, 4) is 5.75 Å². The average Bonchev–Trinajstić information content (AvgIpc) is 3.36. The topological polar surface area (TPSA) is 126 Å². The normalized spacial score (nSPS) is 15.6. The second kappa shape index (κ2) is 12.5. The predicted octanol–water partition coefficient (Wildman–Crippen LogP) is 1.89. The molecule has 11 heteroatoms. The molecule has 0 radical (unpaired) electrons. The highest BCUT2D eigenvalue weighted by molar-refractivity contribution is 7.92. The van der Waals surface area contributed by atoms with E-state index < -0.39 is 22.5 Å². The van der Waals surface area contributed by atoms with Gasteiger partial charge in [-0.25, -0.2) is 13.8 Å². The van der Waals surface area contributed by atoms with E-state index in [-0.39, 0.29) is 18.6 Å². The molecule has 194 valence electrons. The van der Waals surface area contributed by atoms with Crippen LogP contribution in [0.5, 0.6) is 5.75 Å². The maximum atomic E-state index is 12.4. The number of benzene rings is 2. The molecule has 1 atom stereocenters. The SMILES string of the molecule is Cc1cccc(N(CC(=O)NN=Cc2ccc(OCC(=O)NCC3CCCO3)cc2)S(C)(=O)=O)c1C. The maximum absolute atomic E-state index is 12.4. The number of hydrogen-bond donors (Lipinski definition) is 2. The summed E-state index contributed by atoms with van der Waals surface area (Å²) in [6, 6.07) is 12.1. The molecule has 0 bridgehead atoms. The molecule has 0 aromatic heterocycles. The van der Waals surface area contributed by atoms with Crippen LogP contribution in [0.2, 0.25) is 0 Å². The number of anilines is 1. The molecule has 0 spiro atoms. The Hall–Kier alpha value is -3.44. The zero-order valence-corrected chi connectivity index (χ0v) is 21.5. The third kappa shape index (κ3) is 8.06. The highest BCUT2D eigenvalue weighted by Crippen LogP contribution is 2.24. The van der Waals surface area contributed by atoms with Crippen molar-refractivity contribution in [1.82, 2.24) is 10.7 Å². The Bertz CT molecular complexity index is 1190. The van der Waals surface area contributed by atoms with Gasteiger partial charge in [-0.2, -0.15) is 5.10 Å². The predicted molar refractivity (Wildman–Crippen MR) is 138 cm³/mol. The molecule has 2 aromatic rings. The fraction of sp³-hybridized carbons (Fsp3) is 0.400. The van der Waals surface area contributed by atoms with Gasteiger partial charge in [0.1, 0.15) is 12.3 Å². The van der Waals surface area contributed by atoms with Gasteiger partial charge in [-0.1, -0.05) is 12.1 Å². The van der Waals surface area contributed by atoms with Crippen molar-refractivity contribution in [2.75, 3.05) is 36.9 Å². The van der Waals surface area contributed by atoms with E-state index in [1.165, 1.54) is 6.21 Å². The fourth-order valence-electron chi connectivity index (χ4n) is 3.61. The lowest BCUT2D eigenvalue weighted by Gasteiger charge is -2.23. The summed E-state index contributed by atoms with van der Waals surface area (Å²) in [6.45, 7) is 4.40. The zero-order valence-electron chi connectivity index (χ0n) is 20.7. The molecule has 1 unspecified atom stereocenters. The number of amides is 2. The molecule has 3 rings (SSSR count). The second-order valence-corrected chi connectivity index (χ2v) is 10.5. The largest absolute Gasteiger partial charge is 0.484 e. The molecule has 10 nitrogen and oxygen atoms in total. The quantitative estimate of drug-likeness (QED) is 0.347. The number of ether oxygens (including phenoxy) is 2. The molecule has 1 fully saturated rings. The van der Waals surface area contributed by atoms with E-state index in [0.29, 0.717) is 23.5 Å². The Labute approximate surface area is 211 Å². The van der Waals surface area contributed by atoms with E-state index in [4.69, 9.17) is 9.47 Å². The summed E-state index contributed by atoms with van der Waals surface area (Å²) < 4.78 is 36.6. The third-order valence-corrected chi connectivity index (χ3v) is 6.86. The molecule has 2 aromatic carbocycles. The summed E-state index contributed by atoms with van der Waals surface area (Å²) in [7, 11) is -3.68. The van der Waals surface area contributed by atoms with Crippen LogP contribution in [0.25, 0.3) is 0 Å². The number of nitrogens with zero attached hydrogens (tertiary/aromatic N) is 2. The Morgan fingerprint density at radius 2 is 1.92 bits per heavy atom. The van der Waals surface area contributed by atoms with E-state index >= 15 is 0 Å².